The van der Waals surface area contributed by atoms with E-state index >= 15 is 0 Å². The number of carbonyl (C=O) groups excluding carboxylic acids is 2. The number of nitrogens with zero attached hydrogens (tertiary/aromatic N) is 4. The van der Waals surface area contributed by atoms with Gasteiger partial charge in [0.15, 0.2) is 0 Å². The smallest absolute Gasteiger partial charge is 0.323 e. The number of piperazine rings is 1. The zero-order valence-corrected chi connectivity index (χ0v) is 19.2. The number of hydrogen-bond acceptors (Lipinski definition) is 6. The highest BCUT2D eigenvalue weighted by molar-refractivity contribution is 7.18. The van der Waals surface area contributed by atoms with Crippen molar-refractivity contribution in [2.45, 2.75) is 51.1 Å². The van der Waals surface area contributed by atoms with Gasteiger partial charge in [0.1, 0.15) is 10.5 Å². The van der Waals surface area contributed by atoms with Gasteiger partial charge in [-0.3, -0.25) is 14.6 Å². The molecule has 3 heterocycles. The van der Waals surface area contributed by atoms with Gasteiger partial charge in [-0.15, -0.1) is 11.3 Å². The molecule has 3 fully saturated rings. The summed E-state index contributed by atoms with van der Waals surface area (Å²) in [7, 11) is 0. The number of rotatable bonds is 4. The lowest BCUT2D eigenvalue weighted by molar-refractivity contribution is -0.134. The van der Waals surface area contributed by atoms with Crippen molar-refractivity contribution in [3.8, 4) is 0 Å². The molecule has 166 valence electrons. The van der Waals surface area contributed by atoms with E-state index in [9.17, 15) is 9.59 Å². The van der Waals surface area contributed by atoms with Crippen molar-refractivity contribution < 1.29 is 9.59 Å². The van der Waals surface area contributed by atoms with E-state index in [0.717, 1.165) is 62.4 Å². The first-order valence-corrected chi connectivity index (χ1v) is 12.2. The highest BCUT2D eigenvalue weighted by Crippen LogP contribution is 2.36. The lowest BCUT2D eigenvalue weighted by atomic mass is 9.77. The molecule has 1 aromatic carbocycles. The molecule has 2 saturated heterocycles. The lowest BCUT2D eigenvalue weighted by Crippen LogP contribution is -2.53. The number of para-hydroxylation sites is 1. The van der Waals surface area contributed by atoms with Crippen molar-refractivity contribution in [1.82, 2.24) is 25.0 Å². The van der Waals surface area contributed by atoms with E-state index in [1.54, 1.807) is 11.3 Å². The molecule has 1 spiro atoms. The number of aromatic nitrogens is 1. The van der Waals surface area contributed by atoms with Crippen LogP contribution in [-0.4, -0.2) is 70.0 Å². The van der Waals surface area contributed by atoms with Gasteiger partial charge >= 0.3 is 6.03 Å². The third kappa shape index (κ3) is 3.85. The van der Waals surface area contributed by atoms with Crippen molar-refractivity contribution in [3.63, 3.8) is 0 Å². The van der Waals surface area contributed by atoms with Crippen molar-refractivity contribution in [2.24, 2.45) is 5.92 Å². The molecular weight excluding hydrogens is 410 g/mol. The van der Waals surface area contributed by atoms with Gasteiger partial charge in [-0.05, 0) is 50.7 Å². The van der Waals surface area contributed by atoms with Gasteiger partial charge in [-0.2, -0.15) is 0 Å². The van der Waals surface area contributed by atoms with E-state index < -0.39 is 5.54 Å². The van der Waals surface area contributed by atoms with Crippen LogP contribution >= 0.6 is 11.3 Å². The number of hydrogen-bond donors (Lipinski definition) is 1. The first kappa shape index (κ1) is 20.8. The predicted molar refractivity (Wildman–Crippen MR) is 122 cm³/mol. The Hall–Kier alpha value is -2.03. The van der Waals surface area contributed by atoms with Crippen LogP contribution in [0.3, 0.4) is 0 Å². The fraction of sp³-hybridized carbons (Fsp3) is 0.609. The summed E-state index contributed by atoms with van der Waals surface area (Å²) < 4.78 is 1.23. The third-order valence-electron chi connectivity index (χ3n) is 7.34. The van der Waals surface area contributed by atoms with Gasteiger partial charge in [0, 0.05) is 26.2 Å². The van der Waals surface area contributed by atoms with Crippen molar-refractivity contribution in [2.75, 3.05) is 32.8 Å². The minimum atomic E-state index is -0.646. The fourth-order valence-corrected chi connectivity index (χ4v) is 6.17. The molecule has 3 aliphatic rings. The van der Waals surface area contributed by atoms with Gasteiger partial charge in [0.05, 0.1) is 22.9 Å². The molecule has 1 saturated carbocycles. The topological polar surface area (TPSA) is 68.8 Å². The zero-order valence-electron chi connectivity index (χ0n) is 18.3. The quantitative estimate of drug-likeness (QED) is 0.736. The Kier molecular flexibility index (Phi) is 5.48. The number of thiazole rings is 1. The van der Waals surface area contributed by atoms with Crippen LogP contribution in [0.1, 0.15) is 50.6 Å². The highest BCUT2D eigenvalue weighted by Gasteiger charge is 2.52. The second-order valence-corrected chi connectivity index (χ2v) is 10.5. The van der Waals surface area contributed by atoms with Crippen LogP contribution in [-0.2, 0) is 4.79 Å². The Morgan fingerprint density at radius 3 is 2.58 bits per heavy atom. The molecule has 1 atom stereocenters. The van der Waals surface area contributed by atoms with Gasteiger partial charge in [-0.1, -0.05) is 19.1 Å². The monoisotopic (exact) mass is 441 g/mol. The van der Waals surface area contributed by atoms with E-state index in [0.29, 0.717) is 12.6 Å². The first-order chi connectivity index (χ1) is 14.9. The molecule has 3 amide bonds. The Morgan fingerprint density at radius 1 is 1.16 bits per heavy atom. The summed E-state index contributed by atoms with van der Waals surface area (Å²) in [6, 6.07) is 8.33. The summed E-state index contributed by atoms with van der Waals surface area (Å²) in [6.07, 6.45) is 3.54. The molecule has 1 aliphatic carbocycles. The molecule has 8 heteroatoms. The van der Waals surface area contributed by atoms with E-state index in [1.807, 2.05) is 6.07 Å². The van der Waals surface area contributed by atoms with Crippen LogP contribution < -0.4 is 5.32 Å². The summed E-state index contributed by atoms with van der Waals surface area (Å²) in [6.45, 7) is 8.34. The van der Waals surface area contributed by atoms with Gasteiger partial charge in [0.2, 0.25) is 0 Å². The first-order valence-electron chi connectivity index (χ1n) is 11.4. The molecule has 2 aromatic rings. The maximum absolute atomic E-state index is 13.1. The van der Waals surface area contributed by atoms with Crippen LogP contribution in [0.2, 0.25) is 0 Å². The number of nitrogens with one attached hydrogen (secondary N) is 1. The summed E-state index contributed by atoms with van der Waals surface area (Å²) in [4.78, 5) is 36.7. The van der Waals surface area contributed by atoms with Gasteiger partial charge < -0.3 is 5.32 Å². The average Bonchev–Trinajstić information content (AvgIpc) is 3.31. The normalized spacial score (nSPS) is 29.1. The number of fused-ring (bicyclic) bond motifs is 1. The van der Waals surface area contributed by atoms with Gasteiger partial charge in [-0.25, -0.2) is 14.7 Å². The number of carbonyl (C=O) groups is 2. The SMILES string of the molecule is CC1CCC2(CC1)NC(=O)N(CN1CCN(C(C)c3nc4ccccc4s3)CC1)C2=O. The van der Waals surface area contributed by atoms with E-state index in [4.69, 9.17) is 4.98 Å². The maximum atomic E-state index is 13.1. The molecule has 0 bridgehead atoms. The van der Waals surface area contributed by atoms with Gasteiger partial charge in [0.25, 0.3) is 5.91 Å². The van der Waals surface area contributed by atoms with Crippen LogP contribution in [0.25, 0.3) is 10.2 Å². The van der Waals surface area contributed by atoms with Crippen LogP contribution in [0, 0.1) is 5.92 Å². The lowest BCUT2D eigenvalue weighted by Gasteiger charge is -2.38. The molecule has 1 unspecified atom stereocenters. The number of urea groups is 1. The number of benzene rings is 1. The second-order valence-electron chi connectivity index (χ2n) is 9.42. The summed E-state index contributed by atoms with van der Waals surface area (Å²) in [5.74, 6) is 0.615. The molecule has 1 aromatic heterocycles. The Labute approximate surface area is 187 Å². The molecule has 31 heavy (non-hydrogen) atoms. The van der Waals surface area contributed by atoms with Crippen LogP contribution in [0.5, 0.6) is 0 Å². The van der Waals surface area contributed by atoms with Crippen molar-refractivity contribution in [3.05, 3.63) is 29.3 Å². The fourth-order valence-electron chi connectivity index (χ4n) is 5.12. The zero-order chi connectivity index (χ0) is 21.6. The molecule has 2 aliphatic heterocycles. The average molecular weight is 442 g/mol. The Morgan fingerprint density at radius 2 is 1.87 bits per heavy atom. The largest absolute Gasteiger partial charge is 0.326 e. The van der Waals surface area contributed by atoms with Crippen molar-refractivity contribution in [1.29, 1.82) is 0 Å². The summed E-state index contributed by atoms with van der Waals surface area (Å²) in [5.41, 5.74) is 0.421. The minimum absolute atomic E-state index is 0.0188. The second kappa shape index (κ2) is 8.15. The Bertz CT molecular complexity index is 942. The maximum Gasteiger partial charge on any atom is 0.326 e. The van der Waals surface area contributed by atoms with E-state index in [1.165, 1.54) is 9.60 Å². The van der Waals surface area contributed by atoms with Crippen LogP contribution in [0.15, 0.2) is 24.3 Å². The molecule has 5 rings (SSSR count). The minimum Gasteiger partial charge on any atom is -0.323 e. The van der Waals surface area contributed by atoms with E-state index in [2.05, 4.69) is 47.2 Å². The van der Waals surface area contributed by atoms with E-state index in [-0.39, 0.29) is 18.0 Å². The molecule has 7 nitrogen and oxygen atoms in total. The Balaban J connectivity index is 1.18. The molecule has 1 N–H and O–H groups in total. The van der Waals surface area contributed by atoms with Crippen LogP contribution in [0.4, 0.5) is 4.79 Å². The molecular formula is C23H31N5O2S. The molecule has 0 radical (unpaired) electrons. The third-order valence-corrected chi connectivity index (χ3v) is 8.54. The number of imide groups is 1. The summed E-state index contributed by atoms with van der Waals surface area (Å²) in [5, 5.41) is 4.18. The predicted octanol–water partition coefficient (Wildman–Crippen LogP) is 3.43. The highest BCUT2D eigenvalue weighted by atomic mass is 32.1. The standard InChI is InChI=1S/C23H31N5O2S/c1-16-7-9-23(10-8-16)21(29)28(22(30)25-23)15-26-11-13-27(14-12-26)17(2)20-24-18-5-3-4-6-19(18)31-20/h3-6,16-17H,7-15H2,1-2H3,(H,25,30). The van der Waals surface area contributed by atoms with Crippen molar-refractivity contribution >= 4 is 33.5 Å². The summed E-state index contributed by atoms with van der Waals surface area (Å²) >= 11 is 1.77. The number of amides is 3.